The van der Waals surface area contributed by atoms with Crippen LogP contribution in [-0.2, 0) is 9.53 Å². The van der Waals surface area contributed by atoms with Gasteiger partial charge in [0.25, 0.3) is 5.91 Å². The quantitative estimate of drug-likeness (QED) is 0.884. The maximum atomic E-state index is 12.6. The summed E-state index contributed by atoms with van der Waals surface area (Å²) in [6.07, 6.45) is 1.27. The highest BCUT2D eigenvalue weighted by molar-refractivity contribution is 7.18. The molecule has 1 fully saturated rings. The van der Waals surface area contributed by atoms with Gasteiger partial charge in [-0.15, -0.1) is 10.2 Å². The van der Waals surface area contributed by atoms with Gasteiger partial charge in [-0.25, -0.2) is 0 Å². The number of carbonyl (C=O) groups excluding carboxylic acids is 1. The molecule has 2 aromatic rings. The van der Waals surface area contributed by atoms with Crippen LogP contribution in [0.5, 0.6) is 0 Å². The van der Waals surface area contributed by atoms with Gasteiger partial charge < -0.3 is 10.1 Å². The molecular weight excluding hydrogens is 336 g/mol. The number of carbonyl (C=O) groups is 1. The third-order valence-electron chi connectivity index (χ3n) is 3.93. The monoisotopic (exact) mass is 352 g/mol. The molecule has 0 saturated carbocycles. The first kappa shape index (κ1) is 16.3. The van der Waals surface area contributed by atoms with Crippen molar-refractivity contribution in [3.63, 3.8) is 0 Å². The summed E-state index contributed by atoms with van der Waals surface area (Å²) in [5.41, 5.74) is 0.0754. The van der Waals surface area contributed by atoms with Gasteiger partial charge in [-0.05, 0) is 38.1 Å². The Morgan fingerprint density at radius 2 is 2.17 bits per heavy atom. The normalized spacial score (nSPS) is 17.0. The molecule has 3 rings (SSSR count). The van der Waals surface area contributed by atoms with E-state index in [1.54, 1.807) is 13.2 Å². The molecule has 1 amide bonds. The van der Waals surface area contributed by atoms with Gasteiger partial charge in [0, 0.05) is 17.7 Å². The number of aromatic nitrogens is 2. The molecular formula is C15H17ClN4O2S. The number of piperidine rings is 1. The maximum absolute atomic E-state index is 12.6. The highest BCUT2D eigenvalue weighted by atomic mass is 35.5. The first-order valence-corrected chi connectivity index (χ1v) is 8.49. The molecule has 6 nitrogen and oxygen atoms in total. The van der Waals surface area contributed by atoms with Crippen LogP contribution in [0, 0.1) is 0 Å². The van der Waals surface area contributed by atoms with Crippen LogP contribution in [0.3, 0.4) is 0 Å². The molecule has 0 unspecified atom stereocenters. The molecule has 0 radical (unpaired) electrons. The van der Waals surface area contributed by atoms with Crippen LogP contribution in [0.15, 0.2) is 24.3 Å². The Bertz CT molecular complexity index is 700. The van der Waals surface area contributed by atoms with E-state index in [-0.39, 0.29) is 5.91 Å². The van der Waals surface area contributed by atoms with Crippen LogP contribution in [0.2, 0.25) is 5.02 Å². The molecule has 0 bridgehead atoms. The minimum Gasteiger partial charge on any atom is -0.368 e. The predicted molar refractivity (Wildman–Crippen MR) is 90.8 cm³/mol. The van der Waals surface area contributed by atoms with Gasteiger partial charge in [0.15, 0.2) is 0 Å². The lowest BCUT2D eigenvalue weighted by molar-refractivity contribution is -0.140. The molecule has 1 saturated heterocycles. The topological polar surface area (TPSA) is 76.1 Å². The average Bonchev–Trinajstić information content (AvgIpc) is 3.04. The van der Waals surface area contributed by atoms with Gasteiger partial charge in [-0.2, -0.15) is 0 Å². The van der Waals surface area contributed by atoms with E-state index in [1.165, 1.54) is 11.3 Å². The molecule has 1 aromatic carbocycles. The minimum atomic E-state index is -0.798. The van der Waals surface area contributed by atoms with Crippen LogP contribution >= 0.6 is 22.9 Å². The average molecular weight is 353 g/mol. The van der Waals surface area contributed by atoms with E-state index in [1.807, 2.05) is 18.2 Å². The second-order valence-corrected chi connectivity index (χ2v) is 6.74. The van der Waals surface area contributed by atoms with E-state index >= 15 is 0 Å². The lowest BCUT2D eigenvalue weighted by atomic mass is 9.91. The Morgan fingerprint density at radius 3 is 2.87 bits per heavy atom. The van der Waals surface area contributed by atoms with Crippen LogP contribution in [0.1, 0.15) is 12.8 Å². The first-order chi connectivity index (χ1) is 11.1. The van der Waals surface area contributed by atoms with Crippen LogP contribution in [0.4, 0.5) is 5.13 Å². The van der Waals surface area contributed by atoms with E-state index in [0.717, 1.165) is 18.7 Å². The van der Waals surface area contributed by atoms with Crippen molar-refractivity contribution in [2.75, 3.05) is 25.5 Å². The molecule has 2 heterocycles. The van der Waals surface area contributed by atoms with Crippen LogP contribution in [-0.4, -0.2) is 41.9 Å². The Balaban J connectivity index is 1.75. The molecule has 0 atom stereocenters. The fourth-order valence-corrected chi connectivity index (χ4v) is 3.50. The van der Waals surface area contributed by atoms with Crippen molar-refractivity contribution in [2.45, 2.75) is 18.4 Å². The van der Waals surface area contributed by atoms with Gasteiger partial charge in [0.1, 0.15) is 10.6 Å². The Kier molecular flexibility index (Phi) is 4.91. The van der Waals surface area contributed by atoms with Crippen molar-refractivity contribution >= 4 is 34.0 Å². The summed E-state index contributed by atoms with van der Waals surface area (Å²) in [5.74, 6) is -0.171. The standard InChI is InChI=1S/C15H17ClN4O2S/c1-22-15(5-7-17-8-6-15)13(21)18-14-20-19-12(23-14)10-3-2-4-11(16)9-10/h2-4,9,17H,5-8H2,1H3,(H,18,20,21). The summed E-state index contributed by atoms with van der Waals surface area (Å²) >= 11 is 7.30. The zero-order valence-corrected chi connectivity index (χ0v) is 14.2. The van der Waals surface area contributed by atoms with Crippen molar-refractivity contribution < 1.29 is 9.53 Å². The fraction of sp³-hybridized carbons (Fsp3) is 0.400. The molecule has 8 heteroatoms. The van der Waals surface area contributed by atoms with Crippen molar-refractivity contribution in [1.82, 2.24) is 15.5 Å². The van der Waals surface area contributed by atoms with E-state index in [4.69, 9.17) is 16.3 Å². The zero-order chi connectivity index (χ0) is 16.3. The number of anilines is 1. The number of ether oxygens (including phenoxy) is 1. The molecule has 23 heavy (non-hydrogen) atoms. The predicted octanol–water partition coefficient (Wildman–Crippen LogP) is 2.57. The molecule has 2 N–H and O–H groups in total. The lowest BCUT2D eigenvalue weighted by Crippen LogP contribution is -2.51. The van der Waals surface area contributed by atoms with E-state index < -0.39 is 5.60 Å². The Morgan fingerprint density at radius 1 is 1.39 bits per heavy atom. The molecule has 1 aliphatic heterocycles. The summed E-state index contributed by atoms with van der Waals surface area (Å²) in [5, 5.41) is 16.0. The summed E-state index contributed by atoms with van der Waals surface area (Å²) < 4.78 is 5.51. The van der Waals surface area contributed by atoms with Gasteiger partial charge in [-0.3, -0.25) is 10.1 Å². The lowest BCUT2D eigenvalue weighted by Gasteiger charge is -2.34. The number of nitrogens with one attached hydrogen (secondary N) is 2. The first-order valence-electron chi connectivity index (χ1n) is 7.30. The zero-order valence-electron chi connectivity index (χ0n) is 12.6. The molecule has 1 aliphatic rings. The van der Waals surface area contributed by atoms with Crippen molar-refractivity contribution in [2.24, 2.45) is 0 Å². The number of methoxy groups -OCH3 is 1. The number of benzene rings is 1. The van der Waals surface area contributed by atoms with Crippen molar-refractivity contribution in [3.8, 4) is 10.6 Å². The largest absolute Gasteiger partial charge is 0.368 e. The van der Waals surface area contributed by atoms with E-state index in [0.29, 0.717) is 28.0 Å². The number of hydrogen-bond donors (Lipinski definition) is 2. The molecule has 1 aromatic heterocycles. The van der Waals surface area contributed by atoms with Gasteiger partial charge in [0.05, 0.1) is 0 Å². The number of halogens is 1. The van der Waals surface area contributed by atoms with Crippen molar-refractivity contribution in [3.05, 3.63) is 29.3 Å². The second kappa shape index (κ2) is 6.92. The smallest absolute Gasteiger partial charge is 0.258 e. The molecule has 122 valence electrons. The van der Waals surface area contributed by atoms with Crippen LogP contribution in [0.25, 0.3) is 10.6 Å². The minimum absolute atomic E-state index is 0.171. The van der Waals surface area contributed by atoms with E-state index in [9.17, 15) is 4.79 Å². The number of amides is 1. The molecule has 0 aliphatic carbocycles. The third-order valence-corrected chi connectivity index (χ3v) is 5.06. The SMILES string of the molecule is COC1(C(=O)Nc2nnc(-c3cccc(Cl)c3)s2)CCNCC1. The Labute approximate surface area is 143 Å². The number of hydrogen-bond acceptors (Lipinski definition) is 6. The summed E-state index contributed by atoms with van der Waals surface area (Å²) in [7, 11) is 1.57. The van der Waals surface area contributed by atoms with Gasteiger partial charge >= 0.3 is 0 Å². The summed E-state index contributed by atoms with van der Waals surface area (Å²) in [6.45, 7) is 1.51. The third kappa shape index (κ3) is 3.53. The number of nitrogens with zero attached hydrogens (tertiary/aromatic N) is 2. The number of rotatable bonds is 4. The second-order valence-electron chi connectivity index (χ2n) is 5.33. The van der Waals surface area contributed by atoms with Crippen LogP contribution < -0.4 is 10.6 Å². The fourth-order valence-electron chi connectivity index (χ4n) is 2.58. The molecule has 0 spiro atoms. The maximum Gasteiger partial charge on any atom is 0.258 e. The van der Waals surface area contributed by atoms with E-state index in [2.05, 4.69) is 20.8 Å². The van der Waals surface area contributed by atoms with Gasteiger partial charge in [-0.1, -0.05) is 35.1 Å². The van der Waals surface area contributed by atoms with Crippen molar-refractivity contribution in [1.29, 1.82) is 0 Å². The highest BCUT2D eigenvalue weighted by Gasteiger charge is 2.40. The summed E-state index contributed by atoms with van der Waals surface area (Å²) in [4.78, 5) is 12.6. The Hall–Kier alpha value is -1.54. The summed E-state index contributed by atoms with van der Waals surface area (Å²) in [6, 6.07) is 7.37. The highest BCUT2D eigenvalue weighted by Crippen LogP contribution is 2.30. The van der Waals surface area contributed by atoms with Gasteiger partial charge in [0.2, 0.25) is 5.13 Å².